The van der Waals surface area contributed by atoms with Crippen LogP contribution in [-0.4, -0.2) is 70.1 Å². The molecule has 0 bridgehead atoms. The number of rotatable bonds is 16. The molecule has 3 aromatic carbocycles. The number of hydrogen-bond donors (Lipinski definition) is 7. The molecule has 4 aromatic rings. The van der Waals surface area contributed by atoms with Crippen LogP contribution in [0.2, 0.25) is 0 Å². The number of alkyl carbamates (subject to hydrolysis) is 1. The van der Waals surface area contributed by atoms with Crippen molar-refractivity contribution in [3.63, 3.8) is 0 Å². The van der Waals surface area contributed by atoms with Crippen LogP contribution in [0.15, 0.2) is 88.1 Å². The number of alkyl halides is 3. The van der Waals surface area contributed by atoms with E-state index in [9.17, 15) is 56.9 Å². The van der Waals surface area contributed by atoms with Crippen LogP contribution in [0, 0.1) is 5.92 Å². The third-order valence-electron chi connectivity index (χ3n) is 8.53. The standard InChI is InChI=1S/C39H40F3N5O11/c1-20(2)33(47-36(54)28(15-22-9-12-25(48)13-10-22)46-38(56)57-19-23-7-5-4-6-8-23)37(55)43-21(3)34(52)45-29(18-31(49)50)35(53)44-24-11-14-26-27(39(40,41)42)17-32(51)58-30(26)16-24/h4-14,16-17,20-21,28-29,33,48H,15,18-19H2,1-3H3,(H,43,55)(H,44,53)(H,45,52)(H,46,56)(H,47,54)(H,49,50). The van der Waals surface area contributed by atoms with Crippen LogP contribution in [-0.2, 0) is 47.9 Å². The lowest BCUT2D eigenvalue weighted by atomic mass is 10.0. The van der Waals surface area contributed by atoms with Gasteiger partial charge in [-0.2, -0.15) is 13.2 Å². The van der Waals surface area contributed by atoms with E-state index in [2.05, 4.69) is 26.6 Å². The number of phenols is 1. The van der Waals surface area contributed by atoms with E-state index in [1.165, 1.54) is 31.2 Å². The first-order chi connectivity index (χ1) is 27.3. The number of amides is 5. The highest BCUT2D eigenvalue weighted by atomic mass is 19.4. The Kier molecular flexibility index (Phi) is 14.6. The summed E-state index contributed by atoms with van der Waals surface area (Å²) in [4.78, 5) is 89.6. The van der Waals surface area contributed by atoms with E-state index in [1.54, 1.807) is 44.2 Å². The highest BCUT2D eigenvalue weighted by Gasteiger charge is 2.35. The number of phenolic OH excluding ortho intramolecular Hbond substituents is 1. The number of aromatic hydroxyl groups is 1. The molecule has 0 radical (unpaired) electrons. The van der Waals surface area contributed by atoms with Crippen LogP contribution in [0.4, 0.5) is 23.7 Å². The molecule has 308 valence electrons. The summed E-state index contributed by atoms with van der Waals surface area (Å²) in [6.07, 6.45) is -6.85. The van der Waals surface area contributed by atoms with Crippen molar-refractivity contribution in [3.8, 4) is 5.75 Å². The summed E-state index contributed by atoms with van der Waals surface area (Å²) in [5.41, 5.74) is -2.06. The predicted octanol–water partition coefficient (Wildman–Crippen LogP) is 3.60. The zero-order valence-electron chi connectivity index (χ0n) is 31.2. The number of aliphatic carboxylic acids is 1. The molecule has 0 spiro atoms. The molecular weight excluding hydrogens is 771 g/mol. The van der Waals surface area contributed by atoms with Gasteiger partial charge in [-0.25, -0.2) is 9.59 Å². The Balaban J connectivity index is 1.43. The van der Waals surface area contributed by atoms with Crippen LogP contribution < -0.4 is 32.2 Å². The molecule has 0 saturated heterocycles. The number of benzene rings is 3. The van der Waals surface area contributed by atoms with Gasteiger partial charge in [-0.3, -0.25) is 24.0 Å². The SMILES string of the molecule is CC(NC(=O)C(NC(=O)C(Cc1ccc(O)cc1)NC(=O)OCc1ccccc1)C(C)C)C(=O)NC(CC(=O)O)C(=O)Nc1ccc2c(C(F)(F)F)cc(=O)oc2c1. The van der Waals surface area contributed by atoms with Gasteiger partial charge in [0.1, 0.15) is 42.1 Å². The van der Waals surface area contributed by atoms with Crippen molar-refractivity contribution in [1.82, 2.24) is 21.3 Å². The van der Waals surface area contributed by atoms with Crippen molar-refractivity contribution >= 4 is 52.3 Å². The summed E-state index contributed by atoms with van der Waals surface area (Å²) in [6, 6.07) is 12.1. The van der Waals surface area contributed by atoms with Gasteiger partial charge < -0.3 is 46.0 Å². The second-order valence-electron chi connectivity index (χ2n) is 13.4. The smallest absolute Gasteiger partial charge is 0.417 e. The van der Waals surface area contributed by atoms with E-state index in [-0.39, 0.29) is 30.5 Å². The maximum atomic E-state index is 13.6. The first-order valence-electron chi connectivity index (χ1n) is 17.6. The summed E-state index contributed by atoms with van der Waals surface area (Å²) in [5, 5.41) is 30.6. The Hall–Kier alpha value is -6.92. The van der Waals surface area contributed by atoms with E-state index >= 15 is 0 Å². The van der Waals surface area contributed by atoms with Crippen LogP contribution in [0.1, 0.15) is 43.9 Å². The highest BCUT2D eigenvalue weighted by Crippen LogP contribution is 2.34. The first kappa shape index (κ1) is 43.8. The van der Waals surface area contributed by atoms with Crippen LogP contribution >= 0.6 is 0 Å². The minimum absolute atomic E-state index is 0.0309. The average molecular weight is 812 g/mol. The summed E-state index contributed by atoms with van der Waals surface area (Å²) < 4.78 is 50.5. The lowest BCUT2D eigenvalue weighted by Crippen LogP contribution is -2.59. The molecule has 4 unspecified atom stereocenters. The van der Waals surface area contributed by atoms with Gasteiger partial charge in [0.25, 0.3) is 0 Å². The summed E-state index contributed by atoms with van der Waals surface area (Å²) in [7, 11) is 0. The van der Waals surface area contributed by atoms with Crippen molar-refractivity contribution in [3.05, 3.63) is 106 Å². The second-order valence-corrected chi connectivity index (χ2v) is 13.4. The van der Waals surface area contributed by atoms with Crippen molar-refractivity contribution < 1.29 is 61.3 Å². The van der Waals surface area contributed by atoms with Gasteiger partial charge >= 0.3 is 23.9 Å². The van der Waals surface area contributed by atoms with Crippen LogP contribution in [0.3, 0.4) is 0 Å². The number of anilines is 1. The highest BCUT2D eigenvalue weighted by molar-refractivity contribution is 6.01. The summed E-state index contributed by atoms with van der Waals surface area (Å²) >= 11 is 0. The molecule has 58 heavy (non-hydrogen) atoms. The quantitative estimate of drug-likeness (QED) is 0.0807. The molecule has 19 heteroatoms. The monoisotopic (exact) mass is 811 g/mol. The molecule has 0 saturated carbocycles. The minimum Gasteiger partial charge on any atom is -0.508 e. The lowest BCUT2D eigenvalue weighted by Gasteiger charge is -2.27. The fourth-order valence-electron chi connectivity index (χ4n) is 5.53. The second kappa shape index (κ2) is 19.3. The molecule has 0 fully saturated rings. The van der Waals surface area contributed by atoms with E-state index in [0.717, 1.165) is 18.2 Å². The Bertz CT molecular complexity index is 2200. The summed E-state index contributed by atoms with van der Waals surface area (Å²) in [5.74, 6) is -5.90. The van der Waals surface area contributed by atoms with E-state index in [0.29, 0.717) is 11.1 Å². The van der Waals surface area contributed by atoms with Gasteiger partial charge in [-0.1, -0.05) is 56.3 Å². The van der Waals surface area contributed by atoms with Crippen molar-refractivity contribution in [2.24, 2.45) is 5.92 Å². The van der Waals surface area contributed by atoms with E-state index < -0.39 is 101 Å². The minimum atomic E-state index is -4.89. The fourth-order valence-corrected chi connectivity index (χ4v) is 5.53. The Morgan fingerprint density at radius 1 is 0.759 bits per heavy atom. The van der Waals surface area contributed by atoms with Crippen LogP contribution in [0.5, 0.6) is 5.75 Å². The number of hydrogen-bond acceptors (Lipinski definition) is 10. The van der Waals surface area contributed by atoms with Crippen molar-refractivity contribution in [2.75, 3.05) is 5.32 Å². The molecule has 0 aliphatic rings. The van der Waals surface area contributed by atoms with Gasteiger partial charge in [-0.15, -0.1) is 0 Å². The van der Waals surface area contributed by atoms with Gasteiger partial charge in [-0.05, 0) is 48.2 Å². The molecule has 1 aromatic heterocycles. The lowest BCUT2D eigenvalue weighted by molar-refractivity contribution is -0.140. The number of carboxylic acid groups (broad SMARTS) is 1. The number of carbonyl (C=O) groups is 6. The van der Waals surface area contributed by atoms with Gasteiger partial charge in [0.2, 0.25) is 23.6 Å². The van der Waals surface area contributed by atoms with Crippen molar-refractivity contribution in [1.29, 1.82) is 0 Å². The Labute approximate surface area is 328 Å². The Morgan fingerprint density at radius 2 is 1.43 bits per heavy atom. The average Bonchev–Trinajstić information content (AvgIpc) is 3.15. The third-order valence-corrected chi connectivity index (χ3v) is 8.53. The third kappa shape index (κ3) is 12.6. The van der Waals surface area contributed by atoms with Crippen LogP contribution in [0.25, 0.3) is 11.0 Å². The first-order valence-corrected chi connectivity index (χ1v) is 17.6. The van der Waals surface area contributed by atoms with E-state index in [1.807, 2.05) is 0 Å². The van der Waals surface area contributed by atoms with E-state index in [4.69, 9.17) is 9.15 Å². The number of carboxylic acids is 1. The Morgan fingerprint density at radius 3 is 2.05 bits per heavy atom. The number of carbonyl (C=O) groups excluding carboxylic acids is 5. The number of nitrogens with one attached hydrogen (secondary N) is 5. The molecule has 5 amide bonds. The molecule has 4 rings (SSSR count). The predicted molar refractivity (Wildman–Crippen MR) is 200 cm³/mol. The topological polar surface area (TPSA) is 242 Å². The maximum absolute atomic E-state index is 13.6. The number of fused-ring (bicyclic) bond motifs is 1. The fraction of sp³-hybridized carbons (Fsp3) is 0.308. The summed E-state index contributed by atoms with van der Waals surface area (Å²) in [6.45, 7) is 4.33. The van der Waals surface area contributed by atoms with Crippen molar-refractivity contribution in [2.45, 2.75) is 70.6 Å². The number of halogens is 3. The molecule has 1 heterocycles. The normalized spacial score (nSPS) is 13.4. The molecular formula is C39H40F3N5O11. The zero-order valence-corrected chi connectivity index (χ0v) is 31.2. The molecule has 7 N–H and O–H groups in total. The van der Waals surface area contributed by atoms with Gasteiger partial charge in [0.05, 0.1) is 12.0 Å². The number of ether oxygens (including phenoxy) is 1. The maximum Gasteiger partial charge on any atom is 0.417 e. The largest absolute Gasteiger partial charge is 0.508 e. The molecule has 0 aliphatic carbocycles. The molecule has 0 aliphatic heterocycles. The van der Waals surface area contributed by atoms with Gasteiger partial charge in [0, 0.05) is 29.6 Å². The van der Waals surface area contributed by atoms with Gasteiger partial charge in [0.15, 0.2) is 0 Å². The molecule has 4 atom stereocenters. The molecule has 16 nitrogen and oxygen atoms in total. The zero-order chi connectivity index (χ0) is 42.7.